The minimum absolute atomic E-state index is 0.0390. The van der Waals surface area contributed by atoms with E-state index in [9.17, 15) is 19.7 Å². The third-order valence-corrected chi connectivity index (χ3v) is 3.87. The summed E-state index contributed by atoms with van der Waals surface area (Å²) in [5.41, 5.74) is 1.01. The highest BCUT2D eigenvalue weighted by Gasteiger charge is 2.42. The summed E-state index contributed by atoms with van der Waals surface area (Å²) in [5, 5.41) is 11.5. The van der Waals surface area contributed by atoms with E-state index in [1.165, 1.54) is 0 Å². The van der Waals surface area contributed by atoms with Crippen LogP contribution in [0.5, 0.6) is 0 Å². The number of hydrogen-bond acceptors (Lipinski definition) is 5. The van der Waals surface area contributed by atoms with Crippen LogP contribution in [0.25, 0.3) is 0 Å². The number of carbonyl (C=O) groups is 2. The monoisotopic (exact) mass is 341 g/mol. The first-order valence-corrected chi connectivity index (χ1v) is 7.98. The van der Waals surface area contributed by atoms with E-state index in [-0.39, 0.29) is 18.8 Å². The fourth-order valence-electron chi connectivity index (χ4n) is 2.68. The first-order valence-electron chi connectivity index (χ1n) is 7.98. The van der Waals surface area contributed by atoms with Gasteiger partial charge in [-0.25, -0.2) is 4.79 Å². The molecule has 0 spiro atoms. The maximum absolute atomic E-state index is 12.6. The molecular weight excluding hydrogens is 322 g/mol. The van der Waals surface area contributed by atoms with Crippen molar-refractivity contribution in [2.24, 2.45) is 0 Å². The molecule has 6 heteroatoms. The van der Waals surface area contributed by atoms with Crippen LogP contribution >= 0.6 is 0 Å². The summed E-state index contributed by atoms with van der Waals surface area (Å²) >= 11 is 0. The molecule has 0 fully saturated rings. The Morgan fingerprint density at radius 3 is 2.12 bits per heavy atom. The van der Waals surface area contributed by atoms with Gasteiger partial charge in [0.25, 0.3) is 0 Å². The average Bonchev–Trinajstić information content (AvgIpc) is 2.62. The van der Waals surface area contributed by atoms with Crippen LogP contribution in [0.15, 0.2) is 60.7 Å². The van der Waals surface area contributed by atoms with Gasteiger partial charge in [0.2, 0.25) is 0 Å². The molecule has 0 amide bonds. The van der Waals surface area contributed by atoms with E-state index in [0.29, 0.717) is 11.1 Å². The highest BCUT2D eigenvalue weighted by Crippen LogP contribution is 2.28. The SMILES string of the molecule is CCOC(=O)[C@@H]([C@H](CC(=O)c1ccccc1)c1ccccc1)[N+](=O)[O-]. The van der Waals surface area contributed by atoms with Crippen LogP contribution in [-0.4, -0.2) is 29.3 Å². The minimum Gasteiger partial charge on any atom is -0.461 e. The number of Topliss-reactive ketones (excluding diaryl/α,β-unsaturated/α-hetero) is 1. The van der Waals surface area contributed by atoms with Gasteiger partial charge in [-0.05, 0) is 12.5 Å². The smallest absolute Gasteiger partial charge is 0.382 e. The Balaban J connectivity index is 2.37. The molecule has 130 valence electrons. The Morgan fingerprint density at radius 1 is 1.04 bits per heavy atom. The van der Waals surface area contributed by atoms with Crippen molar-refractivity contribution in [3.8, 4) is 0 Å². The number of ether oxygens (including phenoxy) is 1. The summed E-state index contributed by atoms with van der Waals surface area (Å²) in [6, 6.07) is 15.5. The van der Waals surface area contributed by atoms with Gasteiger partial charge in [0.15, 0.2) is 5.78 Å². The molecule has 0 saturated carbocycles. The third-order valence-electron chi connectivity index (χ3n) is 3.87. The Kier molecular flexibility index (Phi) is 6.39. The summed E-state index contributed by atoms with van der Waals surface area (Å²) in [6.45, 7) is 1.62. The number of ketones is 1. The zero-order valence-corrected chi connectivity index (χ0v) is 13.8. The summed E-state index contributed by atoms with van der Waals surface area (Å²) in [5.74, 6) is -2.09. The van der Waals surface area contributed by atoms with Crippen molar-refractivity contribution in [3.63, 3.8) is 0 Å². The van der Waals surface area contributed by atoms with Crippen molar-refractivity contribution in [2.45, 2.75) is 25.3 Å². The van der Waals surface area contributed by atoms with Gasteiger partial charge < -0.3 is 4.74 Å². The van der Waals surface area contributed by atoms with Gasteiger partial charge in [-0.1, -0.05) is 60.7 Å². The highest BCUT2D eigenvalue weighted by molar-refractivity contribution is 5.97. The van der Waals surface area contributed by atoms with Crippen LogP contribution in [0.2, 0.25) is 0 Å². The molecule has 6 nitrogen and oxygen atoms in total. The van der Waals surface area contributed by atoms with E-state index in [1.54, 1.807) is 67.6 Å². The van der Waals surface area contributed by atoms with Crippen molar-refractivity contribution < 1.29 is 19.2 Å². The molecule has 2 aromatic rings. The molecule has 25 heavy (non-hydrogen) atoms. The van der Waals surface area contributed by atoms with Crippen molar-refractivity contribution in [3.05, 3.63) is 81.9 Å². The number of benzene rings is 2. The number of rotatable bonds is 8. The topological polar surface area (TPSA) is 86.5 Å². The van der Waals surface area contributed by atoms with Crippen LogP contribution in [0.1, 0.15) is 35.2 Å². The second kappa shape index (κ2) is 8.73. The lowest BCUT2D eigenvalue weighted by Gasteiger charge is -2.19. The number of hydrogen-bond donors (Lipinski definition) is 0. The van der Waals surface area contributed by atoms with Crippen molar-refractivity contribution in [2.75, 3.05) is 6.61 Å². The molecule has 0 heterocycles. The summed E-state index contributed by atoms with van der Waals surface area (Å²) < 4.78 is 4.86. The first-order chi connectivity index (χ1) is 12.0. The zero-order valence-electron chi connectivity index (χ0n) is 13.8. The van der Waals surface area contributed by atoms with Crippen LogP contribution in [0.4, 0.5) is 0 Å². The van der Waals surface area contributed by atoms with E-state index in [4.69, 9.17) is 4.74 Å². The number of esters is 1. The van der Waals surface area contributed by atoms with E-state index < -0.39 is 22.9 Å². The summed E-state index contributed by atoms with van der Waals surface area (Å²) in [6.07, 6.45) is -0.154. The Bertz CT molecular complexity index is 730. The largest absolute Gasteiger partial charge is 0.461 e. The number of nitrogens with zero attached hydrogens (tertiary/aromatic N) is 1. The predicted molar refractivity (Wildman–Crippen MR) is 92.0 cm³/mol. The molecule has 0 radical (unpaired) electrons. The number of nitro groups is 1. The fourth-order valence-corrected chi connectivity index (χ4v) is 2.68. The maximum atomic E-state index is 12.6. The van der Waals surface area contributed by atoms with Gasteiger partial charge in [-0.3, -0.25) is 14.9 Å². The Hall–Kier alpha value is -3.02. The molecule has 0 aliphatic rings. The van der Waals surface area contributed by atoms with Gasteiger partial charge in [-0.15, -0.1) is 0 Å². The molecule has 0 aliphatic carbocycles. The van der Waals surface area contributed by atoms with Crippen molar-refractivity contribution >= 4 is 11.8 Å². The van der Waals surface area contributed by atoms with Crippen LogP contribution < -0.4 is 0 Å². The second-order valence-electron chi connectivity index (χ2n) is 5.49. The molecule has 0 saturated heterocycles. The standard InChI is InChI=1S/C19H19NO5/c1-2-25-19(22)18(20(23)24)16(14-9-5-3-6-10-14)13-17(21)15-11-7-4-8-12-15/h3-12,16,18H,2,13H2,1H3/t16-,18-/m1/s1. The molecule has 0 aliphatic heterocycles. The average molecular weight is 341 g/mol. The van der Waals surface area contributed by atoms with Gasteiger partial charge in [0.05, 0.1) is 12.5 Å². The first kappa shape index (κ1) is 18.3. The van der Waals surface area contributed by atoms with Crippen LogP contribution in [-0.2, 0) is 9.53 Å². The lowest BCUT2D eigenvalue weighted by molar-refractivity contribution is -0.514. The highest BCUT2D eigenvalue weighted by atomic mass is 16.6. The minimum atomic E-state index is -1.63. The molecule has 0 N–H and O–H groups in total. The van der Waals surface area contributed by atoms with Crippen molar-refractivity contribution in [1.82, 2.24) is 0 Å². The molecule has 2 aromatic carbocycles. The van der Waals surface area contributed by atoms with Crippen LogP contribution in [0, 0.1) is 10.1 Å². The summed E-state index contributed by atoms with van der Waals surface area (Å²) in [7, 11) is 0. The number of carbonyl (C=O) groups excluding carboxylic acids is 2. The van der Waals surface area contributed by atoms with Crippen molar-refractivity contribution in [1.29, 1.82) is 0 Å². The lowest BCUT2D eigenvalue weighted by Crippen LogP contribution is -2.38. The van der Waals surface area contributed by atoms with Gasteiger partial charge >= 0.3 is 12.0 Å². The van der Waals surface area contributed by atoms with E-state index in [0.717, 1.165) is 0 Å². The summed E-state index contributed by atoms with van der Waals surface area (Å²) in [4.78, 5) is 35.6. The zero-order chi connectivity index (χ0) is 18.2. The van der Waals surface area contributed by atoms with Gasteiger partial charge in [0, 0.05) is 16.9 Å². The molecular formula is C19H19NO5. The lowest BCUT2D eigenvalue weighted by atomic mass is 9.86. The normalized spacial score (nSPS) is 12.8. The van der Waals surface area contributed by atoms with E-state index in [1.807, 2.05) is 0 Å². The van der Waals surface area contributed by atoms with Crippen LogP contribution in [0.3, 0.4) is 0 Å². The molecule has 0 aromatic heterocycles. The molecule has 0 unspecified atom stereocenters. The molecule has 2 rings (SSSR count). The Labute approximate surface area is 145 Å². The fraction of sp³-hybridized carbons (Fsp3) is 0.263. The second-order valence-corrected chi connectivity index (χ2v) is 5.49. The van der Waals surface area contributed by atoms with E-state index in [2.05, 4.69) is 0 Å². The molecule has 0 bridgehead atoms. The molecule has 2 atom stereocenters. The maximum Gasteiger partial charge on any atom is 0.382 e. The van der Waals surface area contributed by atoms with Gasteiger partial charge in [0.1, 0.15) is 0 Å². The van der Waals surface area contributed by atoms with E-state index >= 15 is 0 Å². The quantitative estimate of drug-likeness (QED) is 0.318. The predicted octanol–water partition coefficient (Wildman–Crippen LogP) is 3.25. The third kappa shape index (κ3) is 4.73. The van der Waals surface area contributed by atoms with Gasteiger partial charge in [-0.2, -0.15) is 0 Å². The Morgan fingerprint density at radius 2 is 1.60 bits per heavy atom.